The van der Waals surface area contributed by atoms with Gasteiger partial charge in [-0.1, -0.05) is 5.16 Å². The van der Waals surface area contributed by atoms with Crippen LogP contribution in [0.5, 0.6) is 0 Å². The summed E-state index contributed by atoms with van der Waals surface area (Å²) in [6, 6.07) is 3.54. The molecule has 8 nitrogen and oxygen atoms in total. The number of benzene rings is 1. The first-order valence-corrected chi connectivity index (χ1v) is 13.1. The molecule has 35 heavy (non-hydrogen) atoms. The first-order valence-electron chi connectivity index (χ1n) is 13.1. The van der Waals surface area contributed by atoms with Crippen molar-refractivity contribution >= 4 is 22.7 Å². The third kappa shape index (κ3) is 6.13. The van der Waals surface area contributed by atoms with Crippen LogP contribution in [0.2, 0.25) is 0 Å². The molecule has 2 aromatic rings. The average Bonchev–Trinajstić information content (AvgIpc) is 3.27. The fourth-order valence-electron chi connectivity index (χ4n) is 5.52. The molecule has 0 radical (unpaired) electrons. The van der Waals surface area contributed by atoms with Crippen molar-refractivity contribution in [3.63, 3.8) is 0 Å². The summed E-state index contributed by atoms with van der Waals surface area (Å²) in [5.74, 6) is 1.33. The minimum atomic E-state index is -0.379. The maximum absolute atomic E-state index is 13.8. The highest BCUT2D eigenvalue weighted by molar-refractivity contribution is 5.89. The third-order valence-electron chi connectivity index (χ3n) is 7.72. The summed E-state index contributed by atoms with van der Waals surface area (Å²) in [7, 11) is 0. The van der Waals surface area contributed by atoms with Gasteiger partial charge in [-0.15, -0.1) is 0 Å². The summed E-state index contributed by atoms with van der Waals surface area (Å²) in [6.07, 6.45) is 6.47. The zero-order valence-electron chi connectivity index (χ0n) is 20.6. The van der Waals surface area contributed by atoms with Gasteiger partial charge in [0.25, 0.3) is 0 Å². The number of aromatic nitrogens is 1. The lowest BCUT2D eigenvalue weighted by Gasteiger charge is -2.36. The number of carbonyl (C=O) groups excluding carboxylic acids is 1. The first kappa shape index (κ1) is 24.5. The van der Waals surface area contributed by atoms with Gasteiger partial charge in [0.15, 0.2) is 17.7 Å². The smallest absolute Gasteiger partial charge is 0.225 e. The Morgan fingerprint density at radius 1 is 1.11 bits per heavy atom. The third-order valence-corrected chi connectivity index (χ3v) is 7.72. The maximum atomic E-state index is 13.8. The summed E-state index contributed by atoms with van der Waals surface area (Å²) in [6.45, 7) is 8.00. The largest absolute Gasteiger partial charge is 0.354 e. The molecular weight excluding hydrogens is 451 g/mol. The van der Waals surface area contributed by atoms with Crippen molar-refractivity contribution in [2.75, 3.05) is 50.8 Å². The van der Waals surface area contributed by atoms with E-state index in [0.717, 1.165) is 69.1 Å². The molecule has 0 bridgehead atoms. The number of amides is 1. The lowest BCUT2D eigenvalue weighted by molar-refractivity contribution is -0.184. The van der Waals surface area contributed by atoms with E-state index < -0.39 is 0 Å². The van der Waals surface area contributed by atoms with Crippen LogP contribution in [-0.4, -0.2) is 74.2 Å². The van der Waals surface area contributed by atoms with Crippen LogP contribution in [0.1, 0.15) is 50.5 Å². The SMILES string of the molecule is Cc1cc2c(N3CCN(CC[C@H]4CC[C@H](NC(=O)CC5OCCCO5)CC4)CC3)noc2cc1F. The number of hydrogen-bond acceptors (Lipinski definition) is 7. The van der Waals surface area contributed by atoms with Crippen LogP contribution in [0, 0.1) is 18.7 Å². The maximum Gasteiger partial charge on any atom is 0.225 e. The van der Waals surface area contributed by atoms with E-state index in [1.54, 1.807) is 6.92 Å². The molecule has 9 heteroatoms. The summed E-state index contributed by atoms with van der Waals surface area (Å²) in [4.78, 5) is 17.1. The van der Waals surface area contributed by atoms with Gasteiger partial charge in [-0.2, -0.15) is 0 Å². The first-order chi connectivity index (χ1) is 17.0. The average molecular weight is 489 g/mol. The molecule has 2 aliphatic heterocycles. The van der Waals surface area contributed by atoms with Crippen LogP contribution in [-0.2, 0) is 14.3 Å². The molecule has 2 saturated heterocycles. The van der Waals surface area contributed by atoms with Crippen molar-refractivity contribution < 1.29 is 23.2 Å². The van der Waals surface area contributed by atoms with Gasteiger partial charge in [0.05, 0.1) is 25.0 Å². The van der Waals surface area contributed by atoms with Crippen LogP contribution < -0.4 is 10.2 Å². The highest BCUT2D eigenvalue weighted by atomic mass is 19.1. The van der Waals surface area contributed by atoms with E-state index in [-0.39, 0.29) is 24.1 Å². The number of fused-ring (bicyclic) bond motifs is 1. The van der Waals surface area contributed by atoms with Crippen LogP contribution in [0.25, 0.3) is 11.0 Å². The van der Waals surface area contributed by atoms with E-state index in [0.29, 0.717) is 30.8 Å². The highest BCUT2D eigenvalue weighted by Crippen LogP contribution is 2.30. The molecule has 3 heterocycles. The van der Waals surface area contributed by atoms with Gasteiger partial charge in [0, 0.05) is 38.3 Å². The zero-order valence-corrected chi connectivity index (χ0v) is 20.6. The van der Waals surface area contributed by atoms with Gasteiger partial charge in [-0.25, -0.2) is 4.39 Å². The number of hydrogen-bond donors (Lipinski definition) is 1. The molecule has 192 valence electrons. The molecule has 0 unspecified atom stereocenters. The molecule has 3 fully saturated rings. The number of rotatable bonds is 7. The number of carbonyl (C=O) groups is 1. The number of anilines is 1. The second kappa shape index (κ2) is 11.2. The summed E-state index contributed by atoms with van der Waals surface area (Å²) >= 11 is 0. The quantitative estimate of drug-likeness (QED) is 0.638. The fraction of sp³-hybridized carbons (Fsp3) is 0.692. The van der Waals surface area contributed by atoms with Crippen molar-refractivity contribution in [3.8, 4) is 0 Å². The van der Waals surface area contributed by atoms with Crippen molar-refractivity contribution in [2.45, 2.75) is 64.2 Å². The van der Waals surface area contributed by atoms with Gasteiger partial charge in [-0.05, 0) is 69.5 Å². The number of nitrogens with zero attached hydrogens (tertiary/aromatic N) is 3. The lowest BCUT2D eigenvalue weighted by atomic mass is 9.84. The predicted molar refractivity (Wildman–Crippen MR) is 131 cm³/mol. The Kier molecular flexibility index (Phi) is 7.84. The van der Waals surface area contributed by atoms with E-state index in [2.05, 4.69) is 20.3 Å². The van der Waals surface area contributed by atoms with Gasteiger partial charge in [0.2, 0.25) is 5.91 Å². The lowest BCUT2D eigenvalue weighted by Crippen LogP contribution is -2.47. The topological polar surface area (TPSA) is 80.1 Å². The number of halogens is 1. The molecule has 1 amide bonds. The van der Waals surface area contributed by atoms with E-state index in [1.807, 2.05) is 6.07 Å². The monoisotopic (exact) mass is 488 g/mol. The van der Waals surface area contributed by atoms with Crippen molar-refractivity contribution in [3.05, 3.63) is 23.5 Å². The van der Waals surface area contributed by atoms with Gasteiger partial charge >= 0.3 is 0 Å². The Balaban J connectivity index is 1.00. The van der Waals surface area contributed by atoms with Crippen LogP contribution in [0.4, 0.5) is 10.2 Å². The molecule has 3 aliphatic rings. The van der Waals surface area contributed by atoms with Crippen molar-refractivity contribution in [1.29, 1.82) is 0 Å². The molecule has 1 saturated carbocycles. The van der Waals surface area contributed by atoms with E-state index in [1.165, 1.54) is 25.3 Å². The molecular formula is C26H37FN4O4. The minimum absolute atomic E-state index is 0.0402. The molecule has 1 aliphatic carbocycles. The van der Waals surface area contributed by atoms with E-state index in [4.69, 9.17) is 14.0 Å². The molecule has 1 N–H and O–H groups in total. The second-order valence-corrected chi connectivity index (χ2v) is 10.2. The number of nitrogens with one attached hydrogen (secondary N) is 1. The number of piperazine rings is 1. The Morgan fingerprint density at radius 2 is 1.86 bits per heavy atom. The molecule has 0 spiro atoms. The number of aryl methyl sites for hydroxylation is 1. The second-order valence-electron chi connectivity index (χ2n) is 10.2. The van der Waals surface area contributed by atoms with E-state index >= 15 is 0 Å². The summed E-state index contributed by atoms with van der Waals surface area (Å²) in [5, 5.41) is 8.30. The van der Waals surface area contributed by atoms with Crippen molar-refractivity contribution in [2.24, 2.45) is 5.92 Å². The van der Waals surface area contributed by atoms with Gasteiger partial charge in [-0.3, -0.25) is 9.69 Å². The Morgan fingerprint density at radius 3 is 2.60 bits per heavy atom. The zero-order chi connectivity index (χ0) is 24.2. The summed E-state index contributed by atoms with van der Waals surface area (Å²) in [5.41, 5.74) is 1.12. The van der Waals surface area contributed by atoms with Crippen LogP contribution in [0.15, 0.2) is 16.7 Å². The Labute approximate surface area is 206 Å². The van der Waals surface area contributed by atoms with Crippen LogP contribution in [0.3, 0.4) is 0 Å². The van der Waals surface area contributed by atoms with Crippen LogP contribution >= 0.6 is 0 Å². The molecule has 1 aromatic carbocycles. The summed E-state index contributed by atoms with van der Waals surface area (Å²) < 4.78 is 30.2. The Hall–Kier alpha value is -2.23. The standard InChI is InChI=1S/C26H37FN4O4/c1-18-15-21-23(16-22(18)27)35-29-26(21)31-11-9-30(10-12-31)8-7-19-3-5-20(6-4-19)28-24(32)17-25-33-13-2-14-34-25/h15-16,19-20,25H,2-14,17H2,1H3,(H,28,32)/t19-,20-. The fourth-order valence-corrected chi connectivity index (χ4v) is 5.52. The minimum Gasteiger partial charge on any atom is -0.354 e. The predicted octanol–water partition coefficient (Wildman–Crippen LogP) is 3.62. The molecule has 1 aromatic heterocycles. The van der Waals surface area contributed by atoms with Gasteiger partial charge < -0.3 is 24.2 Å². The normalized spacial score (nSPS) is 24.7. The van der Waals surface area contributed by atoms with Crippen molar-refractivity contribution in [1.82, 2.24) is 15.4 Å². The molecule has 5 rings (SSSR count). The molecule has 0 atom stereocenters. The Bertz CT molecular complexity index is 993. The number of ether oxygens (including phenoxy) is 2. The highest BCUT2D eigenvalue weighted by Gasteiger charge is 2.26. The van der Waals surface area contributed by atoms with E-state index in [9.17, 15) is 9.18 Å². The van der Waals surface area contributed by atoms with Gasteiger partial charge in [0.1, 0.15) is 5.82 Å².